The zero-order valence-corrected chi connectivity index (χ0v) is 12.1. The average Bonchev–Trinajstić information content (AvgIpc) is 2.45. The highest BCUT2D eigenvalue weighted by atomic mass is 16.4. The second-order valence-electron chi connectivity index (χ2n) is 5.67. The van der Waals surface area contributed by atoms with Crippen molar-refractivity contribution in [2.45, 2.75) is 32.7 Å². The number of hydrogen-bond donors (Lipinski definition) is 1. The highest BCUT2D eigenvalue weighted by Gasteiger charge is 2.24. The molecule has 0 aliphatic carbocycles. The van der Waals surface area contributed by atoms with Gasteiger partial charge >= 0.3 is 5.63 Å². The van der Waals surface area contributed by atoms with Gasteiger partial charge in [0.25, 0.3) is 5.91 Å². The number of rotatable bonds is 4. The summed E-state index contributed by atoms with van der Waals surface area (Å²) in [7, 11) is 0. The molecule has 1 aromatic heterocycles. The number of carbonyl (C=O) groups is 1. The quantitative estimate of drug-likeness (QED) is 0.906. The Morgan fingerprint density at radius 1 is 1.50 bits per heavy atom. The minimum Gasteiger partial charge on any atom is -0.430 e. The molecule has 5 nitrogen and oxygen atoms in total. The topological polar surface area (TPSA) is 62.6 Å². The molecule has 1 N–H and O–H groups in total. The van der Waals surface area contributed by atoms with E-state index in [0.29, 0.717) is 17.5 Å². The van der Waals surface area contributed by atoms with E-state index < -0.39 is 5.63 Å². The second kappa shape index (κ2) is 6.70. The molecule has 0 radical (unpaired) electrons. The fraction of sp³-hybridized carbons (Fsp3) is 0.600. The maximum atomic E-state index is 12.3. The van der Waals surface area contributed by atoms with Crippen LogP contribution in [0.5, 0.6) is 0 Å². The Labute approximate surface area is 119 Å². The third kappa shape index (κ3) is 3.93. The van der Waals surface area contributed by atoms with E-state index >= 15 is 0 Å². The maximum absolute atomic E-state index is 12.3. The highest BCUT2D eigenvalue weighted by molar-refractivity contribution is 5.93. The molecule has 1 aliphatic heterocycles. The Morgan fingerprint density at radius 3 is 2.95 bits per heavy atom. The normalized spacial score (nSPS) is 19.4. The molecular weight excluding hydrogens is 256 g/mol. The molecule has 20 heavy (non-hydrogen) atoms. The van der Waals surface area contributed by atoms with Crippen LogP contribution in [-0.4, -0.2) is 36.5 Å². The van der Waals surface area contributed by atoms with Crippen LogP contribution in [-0.2, 0) is 0 Å². The van der Waals surface area contributed by atoms with Crippen molar-refractivity contribution in [3.63, 3.8) is 0 Å². The molecule has 2 heterocycles. The van der Waals surface area contributed by atoms with Crippen molar-refractivity contribution in [2.75, 3.05) is 19.6 Å². The van der Waals surface area contributed by atoms with E-state index in [9.17, 15) is 9.59 Å². The first kappa shape index (κ1) is 14.8. The molecule has 2 rings (SSSR count). The SMILES string of the molecule is CC(C)NCC1CCCN(C(=O)c2ccc(=O)oc2)C1. The number of amides is 1. The largest absolute Gasteiger partial charge is 0.430 e. The van der Waals surface area contributed by atoms with Crippen LogP contribution in [0.1, 0.15) is 37.0 Å². The summed E-state index contributed by atoms with van der Waals surface area (Å²) in [5.41, 5.74) is 0.0151. The van der Waals surface area contributed by atoms with Crippen molar-refractivity contribution in [1.82, 2.24) is 10.2 Å². The fourth-order valence-electron chi connectivity index (χ4n) is 2.48. The average molecular weight is 278 g/mol. The molecule has 1 saturated heterocycles. The molecule has 0 spiro atoms. The predicted molar refractivity (Wildman–Crippen MR) is 76.7 cm³/mol. The Morgan fingerprint density at radius 2 is 2.30 bits per heavy atom. The fourth-order valence-corrected chi connectivity index (χ4v) is 2.48. The maximum Gasteiger partial charge on any atom is 0.335 e. The van der Waals surface area contributed by atoms with Gasteiger partial charge < -0.3 is 14.6 Å². The molecule has 1 aliphatic rings. The minimum atomic E-state index is -0.431. The van der Waals surface area contributed by atoms with E-state index in [1.54, 1.807) is 0 Å². The van der Waals surface area contributed by atoms with E-state index in [1.165, 1.54) is 18.4 Å². The minimum absolute atomic E-state index is 0.0528. The summed E-state index contributed by atoms with van der Waals surface area (Å²) in [6, 6.07) is 3.28. The van der Waals surface area contributed by atoms with Gasteiger partial charge in [-0.05, 0) is 31.4 Å². The van der Waals surface area contributed by atoms with Crippen LogP contribution in [0.4, 0.5) is 0 Å². The van der Waals surface area contributed by atoms with Gasteiger partial charge in [0, 0.05) is 25.2 Å². The molecule has 1 aromatic rings. The first-order valence-corrected chi connectivity index (χ1v) is 7.18. The molecule has 1 atom stereocenters. The molecule has 1 fully saturated rings. The van der Waals surface area contributed by atoms with E-state index in [4.69, 9.17) is 4.42 Å². The Bertz CT molecular complexity index is 490. The van der Waals surface area contributed by atoms with E-state index in [0.717, 1.165) is 32.5 Å². The molecule has 1 unspecified atom stereocenters. The third-order valence-corrected chi connectivity index (χ3v) is 3.57. The molecular formula is C15H22N2O3. The first-order chi connectivity index (χ1) is 9.56. The smallest absolute Gasteiger partial charge is 0.335 e. The number of nitrogens with one attached hydrogen (secondary N) is 1. The van der Waals surface area contributed by atoms with Gasteiger partial charge in [-0.15, -0.1) is 0 Å². The zero-order chi connectivity index (χ0) is 14.5. The standard InChI is InChI=1S/C15H22N2O3/c1-11(2)16-8-12-4-3-7-17(9-12)15(19)13-5-6-14(18)20-10-13/h5-6,10-12,16H,3-4,7-9H2,1-2H3. The lowest BCUT2D eigenvalue weighted by Gasteiger charge is -2.33. The Balaban J connectivity index is 1.96. The molecule has 0 bridgehead atoms. The summed E-state index contributed by atoms with van der Waals surface area (Å²) in [5.74, 6) is 0.439. The van der Waals surface area contributed by atoms with E-state index in [2.05, 4.69) is 19.2 Å². The van der Waals surface area contributed by atoms with Crippen LogP contribution in [0.2, 0.25) is 0 Å². The number of carbonyl (C=O) groups excluding carboxylic acids is 1. The summed E-state index contributed by atoms with van der Waals surface area (Å²) in [6.45, 7) is 6.72. The Kier molecular flexibility index (Phi) is 4.95. The van der Waals surface area contributed by atoms with Crippen molar-refractivity contribution in [1.29, 1.82) is 0 Å². The molecule has 0 aromatic carbocycles. The molecule has 110 valence electrons. The van der Waals surface area contributed by atoms with Gasteiger partial charge in [-0.2, -0.15) is 0 Å². The summed E-state index contributed by atoms with van der Waals surface area (Å²) >= 11 is 0. The van der Waals surface area contributed by atoms with Gasteiger partial charge in [0.1, 0.15) is 6.26 Å². The number of likely N-dealkylation sites (tertiary alicyclic amines) is 1. The summed E-state index contributed by atoms with van der Waals surface area (Å²) < 4.78 is 4.76. The number of hydrogen-bond acceptors (Lipinski definition) is 4. The molecule has 0 saturated carbocycles. The van der Waals surface area contributed by atoms with E-state index in [1.807, 2.05) is 4.90 Å². The van der Waals surface area contributed by atoms with Crippen molar-refractivity contribution >= 4 is 5.91 Å². The summed E-state index contributed by atoms with van der Waals surface area (Å²) in [6.07, 6.45) is 3.42. The molecule has 5 heteroatoms. The first-order valence-electron chi connectivity index (χ1n) is 7.18. The van der Waals surface area contributed by atoms with E-state index in [-0.39, 0.29) is 5.91 Å². The van der Waals surface area contributed by atoms with Crippen LogP contribution in [0, 0.1) is 5.92 Å². The van der Waals surface area contributed by atoms with Gasteiger partial charge in [-0.3, -0.25) is 4.79 Å². The Hall–Kier alpha value is -1.62. The summed E-state index contributed by atoms with van der Waals surface area (Å²) in [5, 5.41) is 3.42. The number of nitrogens with zero attached hydrogens (tertiary/aromatic N) is 1. The number of piperidine rings is 1. The van der Waals surface area contributed by atoms with Gasteiger partial charge in [-0.1, -0.05) is 13.8 Å². The second-order valence-corrected chi connectivity index (χ2v) is 5.67. The zero-order valence-electron chi connectivity index (χ0n) is 12.1. The van der Waals surface area contributed by atoms with Gasteiger partial charge in [-0.25, -0.2) is 4.79 Å². The van der Waals surface area contributed by atoms with Crippen LogP contribution in [0.3, 0.4) is 0 Å². The van der Waals surface area contributed by atoms with Gasteiger partial charge in [0.05, 0.1) is 5.56 Å². The highest BCUT2D eigenvalue weighted by Crippen LogP contribution is 2.18. The molecule has 1 amide bonds. The van der Waals surface area contributed by atoms with Crippen molar-refractivity contribution < 1.29 is 9.21 Å². The third-order valence-electron chi connectivity index (χ3n) is 3.57. The van der Waals surface area contributed by atoms with Crippen molar-refractivity contribution in [2.24, 2.45) is 5.92 Å². The van der Waals surface area contributed by atoms with Gasteiger partial charge in [0.15, 0.2) is 0 Å². The summed E-state index contributed by atoms with van der Waals surface area (Å²) in [4.78, 5) is 25.1. The van der Waals surface area contributed by atoms with Crippen molar-refractivity contribution in [3.8, 4) is 0 Å². The lowest BCUT2D eigenvalue weighted by atomic mass is 9.97. The van der Waals surface area contributed by atoms with Gasteiger partial charge in [0.2, 0.25) is 0 Å². The van der Waals surface area contributed by atoms with Crippen LogP contribution >= 0.6 is 0 Å². The van der Waals surface area contributed by atoms with Crippen LogP contribution in [0.15, 0.2) is 27.6 Å². The van der Waals surface area contributed by atoms with Crippen molar-refractivity contribution in [3.05, 3.63) is 34.4 Å². The van der Waals surface area contributed by atoms with Crippen LogP contribution in [0.25, 0.3) is 0 Å². The monoisotopic (exact) mass is 278 g/mol. The van der Waals surface area contributed by atoms with Crippen LogP contribution < -0.4 is 10.9 Å². The predicted octanol–water partition coefficient (Wildman–Crippen LogP) is 1.49. The lowest BCUT2D eigenvalue weighted by Crippen LogP contribution is -2.43. The lowest BCUT2D eigenvalue weighted by molar-refractivity contribution is 0.0669.